The van der Waals surface area contributed by atoms with E-state index in [2.05, 4.69) is 22.0 Å². The van der Waals surface area contributed by atoms with E-state index in [1.54, 1.807) is 24.3 Å². The van der Waals surface area contributed by atoms with Crippen LogP contribution in [0.1, 0.15) is 10.4 Å². The Morgan fingerprint density at radius 3 is 2.83 bits per heavy atom. The van der Waals surface area contributed by atoms with E-state index in [0.717, 1.165) is 0 Å². The molecule has 1 aromatic heterocycles. The maximum Gasteiger partial charge on any atom is 0.346 e. The van der Waals surface area contributed by atoms with E-state index in [4.69, 9.17) is 20.8 Å². The van der Waals surface area contributed by atoms with Crippen LogP contribution in [0.4, 0.5) is 5.69 Å². The molecule has 3 rings (SSSR count). The van der Waals surface area contributed by atoms with Crippen LogP contribution < -0.4 is 0 Å². The zero-order valence-electron chi connectivity index (χ0n) is 14.7. The third kappa shape index (κ3) is 5.57. The minimum absolute atomic E-state index is 0.118. The average Bonchev–Trinajstić information content (AvgIpc) is 3.19. The Hall–Kier alpha value is -3.35. The van der Waals surface area contributed by atoms with E-state index >= 15 is 0 Å². The molecule has 0 bridgehead atoms. The molecule has 0 saturated carbocycles. The molecule has 0 spiro atoms. The summed E-state index contributed by atoms with van der Waals surface area (Å²) < 4.78 is 10.5. The molecule has 0 aliphatic carbocycles. The van der Waals surface area contributed by atoms with Gasteiger partial charge < -0.3 is 9.15 Å². The van der Waals surface area contributed by atoms with Gasteiger partial charge >= 0.3 is 5.97 Å². The lowest BCUT2D eigenvalue weighted by atomic mass is 10.2. The van der Waals surface area contributed by atoms with Gasteiger partial charge in [-0.15, -0.1) is 10.2 Å². The van der Waals surface area contributed by atoms with Crippen molar-refractivity contribution in [3.8, 4) is 23.3 Å². The average molecular weight is 430 g/mol. The van der Waals surface area contributed by atoms with Crippen molar-refractivity contribution in [2.45, 2.75) is 5.22 Å². The molecule has 0 amide bonds. The van der Waals surface area contributed by atoms with Crippen molar-refractivity contribution in [3.63, 3.8) is 0 Å². The van der Waals surface area contributed by atoms with Gasteiger partial charge in [-0.25, -0.2) is 4.79 Å². The number of rotatable bonds is 6. The molecule has 0 saturated heterocycles. The van der Waals surface area contributed by atoms with Crippen molar-refractivity contribution < 1.29 is 18.9 Å². The SMILES string of the molecule is O=C(OCC#CCSc1nnc(-c2cccc(Cl)c2)o1)c1ccccc1[N+](=O)[O-]. The van der Waals surface area contributed by atoms with Gasteiger partial charge in [0.1, 0.15) is 5.56 Å². The predicted octanol–water partition coefficient (Wildman–Crippen LogP) is 4.25. The molecule has 0 fully saturated rings. The topological polar surface area (TPSA) is 108 Å². The minimum atomic E-state index is -0.803. The van der Waals surface area contributed by atoms with E-state index in [0.29, 0.717) is 27.5 Å². The van der Waals surface area contributed by atoms with Crippen LogP contribution in [0.15, 0.2) is 58.2 Å². The number of esters is 1. The molecule has 8 nitrogen and oxygen atoms in total. The second-order valence-corrected chi connectivity index (χ2v) is 6.74. The van der Waals surface area contributed by atoms with Crippen molar-refractivity contribution in [1.82, 2.24) is 10.2 Å². The molecule has 29 heavy (non-hydrogen) atoms. The Morgan fingerprint density at radius 1 is 1.21 bits per heavy atom. The highest BCUT2D eigenvalue weighted by Crippen LogP contribution is 2.24. The van der Waals surface area contributed by atoms with Crippen LogP contribution in [0.3, 0.4) is 0 Å². The van der Waals surface area contributed by atoms with Crippen LogP contribution in [0.2, 0.25) is 5.02 Å². The van der Waals surface area contributed by atoms with E-state index in [1.807, 2.05) is 0 Å². The first-order chi connectivity index (χ1) is 14.0. The normalized spacial score (nSPS) is 10.1. The van der Waals surface area contributed by atoms with Crippen molar-refractivity contribution in [1.29, 1.82) is 0 Å². The fourth-order valence-electron chi connectivity index (χ4n) is 2.19. The summed E-state index contributed by atoms with van der Waals surface area (Å²) in [5.41, 5.74) is 0.283. The summed E-state index contributed by atoms with van der Waals surface area (Å²) in [7, 11) is 0. The number of carbonyl (C=O) groups is 1. The molecular weight excluding hydrogens is 418 g/mol. The van der Waals surface area contributed by atoms with E-state index in [9.17, 15) is 14.9 Å². The number of nitro benzene ring substituents is 1. The zero-order chi connectivity index (χ0) is 20.6. The largest absolute Gasteiger partial charge is 0.449 e. The van der Waals surface area contributed by atoms with Gasteiger partial charge in [-0.3, -0.25) is 10.1 Å². The van der Waals surface area contributed by atoms with Crippen molar-refractivity contribution in [2.24, 2.45) is 0 Å². The van der Waals surface area contributed by atoms with Gasteiger partial charge in [-0.05, 0) is 24.3 Å². The fraction of sp³-hybridized carbons (Fsp3) is 0.105. The number of para-hydroxylation sites is 1. The van der Waals surface area contributed by atoms with E-state index in [-0.39, 0.29) is 17.9 Å². The van der Waals surface area contributed by atoms with Crippen LogP contribution in [0.25, 0.3) is 11.5 Å². The van der Waals surface area contributed by atoms with Crippen molar-refractivity contribution >= 4 is 35.0 Å². The molecule has 0 unspecified atom stereocenters. The number of ether oxygens (including phenoxy) is 1. The quantitative estimate of drug-likeness (QED) is 0.188. The monoisotopic (exact) mass is 429 g/mol. The first kappa shape index (κ1) is 20.4. The Kier molecular flexibility index (Phi) is 6.84. The summed E-state index contributed by atoms with van der Waals surface area (Å²) >= 11 is 7.16. The number of halogens is 1. The number of thioether (sulfide) groups is 1. The Balaban J connectivity index is 1.48. The molecule has 0 aliphatic heterocycles. The zero-order valence-corrected chi connectivity index (χ0v) is 16.3. The maximum absolute atomic E-state index is 11.9. The maximum atomic E-state index is 11.9. The number of aromatic nitrogens is 2. The van der Waals surface area contributed by atoms with Crippen molar-refractivity contribution in [3.05, 3.63) is 69.2 Å². The smallest absolute Gasteiger partial charge is 0.346 e. The Labute approximate surface area is 174 Å². The van der Waals surface area contributed by atoms with Crippen LogP contribution in [0, 0.1) is 22.0 Å². The summed E-state index contributed by atoms with van der Waals surface area (Å²) in [4.78, 5) is 22.2. The standard InChI is InChI=1S/C19H12ClN3O5S/c20-14-7-5-6-13(12-14)17-21-22-19(28-17)29-11-4-3-10-27-18(24)15-8-1-2-9-16(15)23(25)26/h1-2,5-9,12H,10-11H2. The third-order valence-electron chi connectivity index (χ3n) is 3.47. The van der Waals surface area contributed by atoms with Crippen LogP contribution in [0.5, 0.6) is 0 Å². The minimum Gasteiger partial charge on any atom is -0.449 e. The van der Waals surface area contributed by atoms with Gasteiger partial charge in [-0.2, -0.15) is 0 Å². The number of nitro groups is 1. The summed E-state index contributed by atoms with van der Waals surface area (Å²) in [5.74, 6) is 5.33. The highest BCUT2D eigenvalue weighted by Gasteiger charge is 2.19. The highest BCUT2D eigenvalue weighted by molar-refractivity contribution is 7.99. The fourth-order valence-corrected chi connectivity index (χ4v) is 2.92. The van der Waals surface area contributed by atoms with Crippen LogP contribution in [-0.2, 0) is 4.74 Å². The molecular formula is C19H12ClN3O5S. The van der Waals surface area contributed by atoms with E-state index in [1.165, 1.54) is 36.0 Å². The summed E-state index contributed by atoms with van der Waals surface area (Å²) in [5, 5.41) is 19.7. The summed E-state index contributed by atoms with van der Waals surface area (Å²) in [6.45, 7) is -0.191. The third-order valence-corrected chi connectivity index (χ3v) is 4.40. The molecule has 2 aromatic carbocycles. The summed E-state index contributed by atoms with van der Waals surface area (Å²) in [6.07, 6.45) is 0. The number of hydrogen-bond donors (Lipinski definition) is 0. The lowest BCUT2D eigenvalue weighted by Crippen LogP contribution is -2.08. The molecule has 0 aliphatic rings. The number of carbonyl (C=O) groups excluding carboxylic acids is 1. The number of benzene rings is 2. The molecule has 1 heterocycles. The number of nitrogens with zero attached hydrogens (tertiary/aromatic N) is 3. The lowest BCUT2D eigenvalue weighted by molar-refractivity contribution is -0.385. The van der Waals surface area contributed by atoms with Gasteiger partial charge in [0.15, 0.2) is 6.61 Å². The molecule has 0 radical (unpaired) electrons. The molecule has 0 N–H and O–H groups in total. The van der Waals surface area contributed by atoms with Gasteiger partial charge in [0.25, 0.3) is 10.9 Å². The van der Waals surface area contributed by atoms with Gasteiger partial charge in [0.2, 0.25) is 5.89 Å². The molecule has 146 valence electrons. The van der Waals surface area contributed by atoms with Gasteiger partial charge in [0, 0.05) is 16.7 Å². The predicted molar refractivity (Wildman–Crippen MR) is 107 cm³/mol. The van der Waals surface area contributed by atoms with Crippen LogP contribution >= 0.6 is 23.4 Å². The highest BCUT2D eigenvalue weighted by atomic mass is 35.5. The van der Waals surface area contributed by atoms with E-state index < -0.39 is 10.9 Å². The summed E-state index contributed by atoms with van der Waals surface area (Å²) in [6, 6.07) is 12.6. The van der Waals surface area contributed by atoms with Gasteiger partial charge in [-0.1, -0.05) is 53.4 Å². The van der Waals surface area contributed by atoms with Crippen molar-refractivity contribution in [2.75, 3.05) is 12.4 Å². The second-order valence-electron chi connectivity index (χ2n) is 5.38. The number of hydrogen-bond acceptors (Lipinski definition) is 8. The van der Waals surface area contributed by atoms with Crippen LogP contribution in [-0.4, -0.2) is 33.4 Å². The second kappa shape index (κ2) is 9.73. The van der Waals surface area contributed by atoms with Gasteiger partial charge in [0.05, 0.1) is 10.7 Å². The first-order valence-electron chi connectivity index (χ1n) is 8.13. The molecule has 10 heteroatoms. The molecule has 3 aromatic rings. The lowest BCUT2D eigenvalue weighted by Gasteiger charge is -2.01. The first-order valence-corrected chi connectivity index (χ1v) is 9.49. The Morgan fingerprint density at radius 2 is 2.03 bits per heavy atom. The Bertz CT molecular complexity index is 1110. The molecule has 0 atom stereocenters.